The second-order valence-electron chi connectivity index (χ2n) is 8.16. The number of rotatable bonds is 8. The molecule has 2 heterocycles. The molecule has 1 saturated heterocycles. The van der Waals surface area contributed by atoms with E-state index in [2.05, 4.69) is 10.2 Å². The third-order valence-electron chi connectivity index (χ3n) is 6.05. The molecule has 0 N–H and O–H groups in total. The minimum Gasteiger partial charge on any atom is -0.497 e. The number of para-hydroxylation sites is 1. The van der Waals surface area contributed by atoms with Gasteiger partial charge in [0.2, 0.25) is 0 Å². The molecule has 0 saturated carbocycles. The Kier molecular flexibility index (Phi) is 6.71. The van der Waals surface area contributed by atoms with Crippen LogP contribution in [0.4, 0.5) is 0 Å². The zero-order chi connectivity index (χ0) is 23.6. The van der Waals surface area contributed by atoms with Crippen molar-refractivity contribution in [2.24, 2.45) is 0 Å². The molecule has 0 spiro atoms. The fourth-order valence-corrected chi connectivity index (χ4v) is 5.51. The van der Waals surface area contributed by atoms with Gasteiger partial charge in [0.15, 0.2) is 21.5 Å². The molecule has 0 amide bonds. The molecule has 2 atom stereocenters. The topological polar surface area (TPSA) is 92.5 Å². The van der Waals surface area contributed by atoms with Crippen molar-refractivity contribution in [3.63, 3.8) is 0 Å². The van der Waals surface area contributed by atoms with Crippen LogP contribution in [0.1, 0.15) is 53.9 Å². The number of benzene rings is 2. The highest BCUT2D eigenvalue weighted by Crippen LogP contribution is 2.35. The van der Waals surface area contributed by atoms with Crippen LogP contribution in [0.5, 0.6) is 11.5 Å². The lowest BCUT2D eigenvalue weighted by molar-refractivity contribution is 0.103. The average Bonchev–Trinajstić information content (AvgIpc) is 3.48. The summed E-state index contributed by atoms with van der Waals surface area (Å²) in [5.74, 6) is 1.89. The first-order chi connectivity index (χ1) is 15.9. The molecule has 9 heteroatoms. The van der Waals surface area contributed by atoms with Gasteiger partial charge >= 0.3 is 0 Å². The monoisotopic (exact) mass is 471 g/mol. The second kappa shape index (κ2) is 9.52. The normalized spacial score (nSPS) is 17.2. The SMILES string of the molecule is COc1cccc([C@H](C)S(=O)(=O)Cc2nnc([C@@H]3CCCO3)n2-c2c(C)cccc2OC)c1. The molecule has 1 fully saturated rings. The number of aryl methyl sites for hydroxylation is 1. The molecule has 1 aromatic heterocycles. The third-order valence-corrected chi connectivity index (χ3v) is 8.06. The van der Waals surface area contributed by atoms with Crippen LogP contribution in [0.3, 0.4) is 0 Å². The lowest BCUT2D eigenvalue weighted by Gasteiger charge is -2.19. The minimum atomic E-state index is -3.62. The highest BCUT2D eigenvalue weighted by Gasteiger charge is 2.32. The van der Waals surface area contributed by atoms with Crippen LogP contribution >= 0.6 is 0 Å². The Morgan fingerprint density at radius 1 is 1.15 bits per heavy atom. The molecule has 176 valence electrons. The van der Waals surface area contributed by atoms with Crippen molar-refractivity contribution in [3.8, 4) is 17.2 Å². The summed E-state index contributed by atoms with van der Waals surface area (Å²) in [4.78, 5) is 0. The molecule has 8 nitrogen and oxygen atoms in total. The van der Waals surface area contributed by atoms with Crippen LogP contribution in [0, 0.1) is 6.92 Å². The van der Waals surface area contributed by atoms with Gasteiger partial charge in [-0.3, -0.25) is 4.57 Å². The van der Waals surface area contributed by atoms with E-state index in [1.54, 1.807) is 50.0 Å². The van der Waals surface area contributed by atoms with Crippen molar-refractivity contribution in [3.05, 3.63) is 65.2 Å². The van der Waals surface area contributed by atoms with Gasteiger partial charge in [-0.05, 0) is 56.0 Å². The van der Waals surface area contributed by atoms with Crippen molar-refractivity contribution in [1.29, 1.82) is 0 Å². The van der Waals surface area contributed by atoms with Crippen LogP contribution in [0.25, 0.3) is 5.69 Å². The van der Waals surface area contributed by atoms with Crippen molar-refractivity contribution < 1.29 is 22.6 Å². The summed E-state index contributed by atoms with van der Waals surface area (Å²) in [5, 5.41) is 7.96. The fourth-order valence-electron chi connectivity index (χ4n) is 4.15. The maximum Gasteiger partial charge on any atom is 0.167 e. The van der Waals surface area contributed by atoms with E-state index in [0.29, 0.717) is 35.3 Å². The van der Waals surface area contributed by atoms with E-state index < -0.39 is 15.1 Å². The zero-order valence-corrected chi connectivity index (χ0v) is 20.1. The van der Waals surface area contributed by atoms with E-state index in [1.807, 2.05) is 25.1 Å². The summed E-state index contributed by atoms with van der Waals surface area (Å²) >= 11 is 0. The molecule has 1 aliphatic heterocycles. The van der Waals surface area contributed by atoms with Crippen LogP contribution in [0.15, 0.2) is 42.5 Å². The summed E-state index contributed by atoms with van der Waals surface area (Å²) in [5.41, 5.74) is 2.32. The van der Waals surface area contributed by atoms with Gasteiger partial charge in [-0.25, -0.2) is 8.42 Å². The molecule has 1 aliphatic rings. The Balaban J connectivity index is 1.78. The van der Waals surface area contributed by atoms with Gasteiger partial charge in [0.05, 0.1) is 25.2 Å². The number of nitrogens with zero attached hydrogens (tertiary/aromatic N) is 3. The smallest absolute Gasteiger partial charge is 0.167 e. The van der Waals surface area contributed by atoms with Crippen LogP contribution in [-0.2, 0) is 20.3 Å². The Morgan fingerprint density at radius 2 is 1.94 bits per heavy atom. The summed E-state index contributed by atoms with van der Waals surface area (Å²) in [6.45, 7) is 4.28. The molecule has 2 aromatic carbocycles. The number of hydrogen-bond donors (Lipinski definition) is 0. The second-order valence-corrected chi connectivity index (χ2v) is 10.5. The van der Waals surface area contributed by atoms with Gasteiger partial charge < -0.3 is 14.2 Å². The molecule has 4 rings (SSSR count). The Hall–Kier alpha value is -2.91. The molecule has 0 aliphatic carbocycles. The van der Waals surface area contributed by atoms with Gasteiger partial charge in [0, 0.05) is 6.61 Å². The number of ether oxygens (including phenoxy) is 3. The first-order valence-electron chi connectivity index (χ1n) is 10.9. The Bertz CT molecular complexity index is 1230. The van der Waals surface area contributed by atoms with Crippen molar-refractivity contribution in [2.45, 2.75) is 43.8 Å². The fraction of sp³-hybridized carbons (Fsp3) is 0.417. The van der Waals surface area contributed by atoms with Gasteiger partial charge in [0.1, 0.15) is 23.4 Å². The highest BCUT2D eigenvalue weighted by atomic mass is 32.2. The van der Waals surface area contributed by atoms with E-state index in [0.717, 1.165) is 24.1 Å². The summed E-state index contributed by atoms with van der Waals surface area (Å²) in [7, 11) is -0.474. The van der Waals surface area contributed by atoms with Crippen molar-refractivity contribution in [1.82, 2.24) is 14.8 Å². The lowest BCUT2D eigenvalue weighted by Crippen LogP contribution is -2.18. The number of sulfone groups is 1. The summed E-state index contributed by atoms with van der Waals surface area (Å²) in [6, 6.07) is 12.8. The molecule has 0 unspecified atom stereocenters. The minimum absolute atomic E-state index is 0.242. The third kappa shape index (κ3) is 4.60. The highest BCUT2D eigenvalue weighted by molar-refractivity contribution is 7.90. The zero-order valence-electron chi connectivity index (χ0n) is 19.3. The summed E-state index contributed by atoms with van der Waals surface area (Å²) in [6.07, 6.45) is 1.48. The predicted molar refractivity (Wildman–Crippen MR) is 125 cm³/mol. The largest absolute Gasteiger partial charge is 0.497 e. The molecule has 0 bridgehead atoms. The van der Waals surface area contributed by atoms with Gasteiger partial charge in [-0.1, -0.05) is 24.3 Å². The molecule has 3 aromatic rings. The van der Waals surface area contributed by atoms with Crippen LogP contribution in [-0.4, -0.2) is 44.0 Å². The van der Waals surface area contributed by atoms with E-state index in [9.17, 15) is 8.42 Å². The maximum absolute atomic E-state index is 13.5. The summed E-state index contributed by atoms with van der Waals surface area (Å²) < 4.78 is 45.5. The quantitative estimate of drug-likeness (QED) is 0.488. The average molecular weight is 472 g/mol. The Labute approximate surface area is 194 Å². The van der Waals surface area contributed by atoms with E-state index in [4.69, 9.17) is 14.2 Å². The molecule has 33 heavy (non-hydrogen) atoms. The van der Waals surface area contributed by atoms with Gasteiger partial charge in [-0.2, -0.15) is 0 Å². The molecular formula is C24H29N3O5S. The molecule has 0 radical (unpaired) electrons. The predicted octanol–water partition coefficient (Wildman–Crippen LogP) is 4.12. The standard InChI is InChI=1S/C24H29N3O5S/c1-16-8-5-11-20(31-4)23(16)27-22(25-26-24(27)21-12-7-13-32-21)15-33(28,29)17(2)18-9-6-10-19(14-18)30-3/h5-6,8-11,14,17,21H,7,12-13,15H2,1-4H3/t17-,21-/m0/s1. The Morgan fingerprint density at radius 3 is 2.64 bits per heavy atom. The lowest BCUT2D eigenvalue weighted by atomic mass is 10.1. The number of aromatic nitrogens is 3. The first kappa shape index (κ1) is 23.3. The van der Waals surface area contributed by atoms with E-state index in [-0.39, 0.29) is 11.9 Å². The maximum atomic E-state index is 13.5. The first-order valence-corrected chi connectivity index (χ1v) is 12.6. The van der Waals surface area contributed by atoms with E-state index in [1.165, 1.54) is 0 Å². The van der Waals surface area contributed by atoms with Gasteiger partial charge in [0.25, 0.3) is 0 Å². The van der Waals surface area contributed by atoms with Crippen LogP contribution < -0.4 is 9.47 Å². The van der Waals surface area contributed by atoms with Crippen molar-refractivity contribution >= 4 is 9.84 Å². The number of methoxy groups -OCH3 is 2. The molecular weight excluding hydrogens is 442 g/mol. The van der Waals surface area contributed by atoms with Gasteiger partial charge in [-0.15, -0.1) is 10.2 Å². The number of hydrogen-bond acceptors (Lipinski definition) is 7. The van der Waals surface area contributed by atoms with E-state index >= 15 is 0 Å². The van der Waals surface area contributed by atoms with Crippen LogP contribution in [0.2, 0.25) is 0 Å². The van der Waals surface area contributed by atoms with Crippen molar-refractivity contribution in [2.75, 3.05) is 20.8 Å².